The first kappa shape index (κ1) is 13.7. The summed E-state index contributed by atoms with van der Waals surface area (Å²) in [7, 11) is 0. The fraction of sp³-hybridized carbons (Fsp3) is 0.429. The minimum atomic E-state index is -0.565. The summed E-state index contributed by atoms with van der Waals surface area (Å²) in [6.45, 7) is 5.24. The second kappa shape index (κ2) is 5.48. The van der Waals surface area contributed by atoms with Gasteiger partial charge in [0.1, 0.15) is 5.82 Å². The summed E-state index contributed by atoms with van der Waals surface area (Å²) in [6.07, 6.45) is 0.715. The van der Waals surface area contributed by atoms with E-state index in [4.69, 9.17) is 0 Å². The molecule has 2 rings (SSSR count). The Bertz CT molecular complexity index is 514. The van der Waals surface area contributed by atoms with Crippen molar-refractivity contribution in [1.29, 1.82) is 0 Å². The van der Waals surface area contributed by atoms with Crippen molar-refractivity contribution in [2.24, 2.45) is 0 Å². The van der Waals surface area contributed by atoms with Crippen LogP contribution in [0.15, 0.2) is 18.2 Å². The lowest BCUT2D eigenvalue weighted by Gasteiger charge is -2.17. The van der Waals surface area contributed by atoms with E-state index in [0.29, 0.717) is 30.3 Å². The Balaban J connectivity index is 2.08. The highest BCUT2D eigenvalue weighted by molar-refractivity contribution is 6.52. The Hall–Kier alpha value is -1.75. The minimum Gasteiger partial charge on any atom is -0.314 e. The maximum absolute atomic E-state index is 13.2. The molecule has 0 saturated heterocycles. The standard InChI is InChI=1S/C14H17FN2O2/c1-9(2)16-6-3-7-17-12-8-10(15)4-5-11(12)13(18)14(17)19/h4-5,8-9,16H,3,6-7H2,1-2H3. The first-order valence-corrected chi connectivity index (χ1v) is 6.40. The molecule has 0 atom stereocenters. The molecular formula is C14H17FN2O2. The van der Waals surface area contributed by atoms with E-state index >= 15 is 0 Å². The lowest BCUT2D eigenvalue weighted by molar-refractivity contribution is -0.114. The van der Waals surface area contributed by atoms with Crippen LogP contribution in [0.25, 0.3) is 0 Å². The molecule has 0 unspecified atom stereocenters. The number of amides is 1. The number of carbonyl (C=O) groups excluding carboxylic acids is 2. The number of carbonyl (C=O) groups is 2. The summed E-state index contributed by atoms with van der Waals surface area (Å²) >= 11 is 0. The number of hydrogen-bond acceptors (Lipinski definition) is 3. The number of nitrogens with zero attached hydrogens (tertiary/aromatic N) is 1. The third-order valence-corrected chi connectivity index (χ3v) is 3.05. The molecule has 4 nitrogen and oxygen atoms in total. The fourth-order valence-electron chi connectivity index (χ4n) is 2.12. The molecule has 1 N–H and O–H groups in total. The summed E-state index contributed by atoms with van der Waals surface area (Å²) in [5, 5.41) is 3.23. The summed E-state index contributed by atoms with van der Waals surface area (Å²) < 4.78 is 13.2. The second-order valence-corrected chi connectivity index (χ2v) is 4.91. The number of nitrogens with one attached hydrogen (secondary N) is 1. The molecule has 1 heterocycles. The van der Waals surface area contributed by atoms with Crippen LogP contribution in [0.4, 0.5) is 10.1 Å². The van der Waals surface area contributed by atoms with Crippen molar-refractivity contribution < 1.29 is 14.0 Å². The van der Waals surface area contributed by atoms with Gasteiger partial charge in [-0.2, -0.15) is 0 Å². The largest absolute Gasteiger partial charge is 0.314 e. The third kappa shape index (κ3) is 2.81. The van der Waals surface area contributed by atoms with Crippen molar-refractivity contribution in [3.63, 3.8) is 0 Å². The molecule has 19 heavy (non-hydrogen) atoms. The molecule has 1 aromatic rings. The monoisotopic (exact) mass is 264 g/mol. The van der Waals surface area contributed by atoms with Crippen molar-refractivity contribution in [1.82, 2.24) is 5.32 Å². The third-order valence-electron chi connectivity index (χ3n) is 3.05. The summed E-state index contributed by atoms with van der Waals surface area (Å²) in [5.41, 5.74) is 0.683. The van der Waals surface area contributed by atoms with E-state index in [1.165, 1.54) is 23.1 Å². The van der Waals surface area contributed by atoms with Crippen LogP contribution in [-0.2, 0) is 4.79 Å². The van der Waals surface area contributed by atoms with Crippen LogP contribution >= 0.6 is 0 Å². The number of fused-ring (bicyclic) bond motifs is 1. The molecule has 1 aliphatic heterocycles. The molecule has 0 fully saturated rings. The van der Waals surface area contributed by atoms with Crippen molar-refractivity contribution in [2.45, 2.75) is 26.3 Å². The average molecular weight is 264 g/mol. The van der Waals surface area contributed by atoms with E-state index in [2.05, 4.69) is 5.32 Å². The maximum Gasteiger partial charge on any atom is 0.299 e. The van der Waals surface area contributed by atoms with Crippen LogP contribution in [0.1, 0.15) is 30.6 Å². The first-order valence-electron chi connectivity index (χ1n) is 6.40. The predicted octanol–water partition coefficient (Wildman–Crippen LogP) is 1.74. The predicted molar refractivity (Wildman–Crippen MR) is 70.8 cm³/mol. The molecule has 1 aromatic carbocycles. The molecule has 102 valence electrons. The molecule has 1 aliphatic rings. The zero-order valence-corrected chi connectivity index (χ0v) is 11.1. The molecule has 0 radical (unpaired) electrons. The Morgan fingerprint density at radius 1 is 1.32 bits per heavy atom. The molecule has 0 bridgehead atoms. The van der Waals surface area contributed by atoms with Gasteiger partial charge >= 0.3 is 0 Å². The molecule has 0 aliphatic carbocycles. The highest BCUT2D eigenvalue weighted by atomic mass is 19.1. The number of benzene rings is 1. The smallest absolute Gasteiger partial charge is 0.299 e. The minimum absolute atomic E-state index is 0.295. The summed E-state index contributed by atoms with van der Waals surface area (Å²) in [4.78, 5) is 24.9. The molecule has 0 saturated carbocycles. The fourth-order valence-corrected chi connectivity index (χ4v) is 2.12. The van der Waals surface area contributed by atoms with Crippen LogP contribution in [0.2, 0.25) is 0 Å². The lowest BCUT2D eigenvalue weighted by atomic mass is 10.1. The Kier molecular flexibility index (Phi) is 3.95. The molecule has 1 amide bonds. The van der Waals surface area contributed by atoms with Gasteiger partial charge in [0, 0.05) is 12.6 Å². The van der Waals surface area contributed by atoms with Crippen molar-refractivity contribution >= 4 is 17.4 Å². The molecule has 0 spiro atoms. The van der Waals surface area contributed by atoms with Crippen LogP contribution < -0.4 is 10.2 Å². The van der Waals surface area contributed by atoms with Gasteiger partial charge in [-0.15, -0.1) is 0 Å². The number of ketones is 1. The SMILES string of the molecule is CC(C)NCCCN1C(=O)C(=O)c2ccc(F)cc21. The quantitative estimate of drug-likeness (QED) is 0.651. The van der Waals surface area contributed by atoms with Gasteiger partial charge in [-0.25, -0.2) is 4.39 Å². The van der Waals surface area contributed by atoms with E-state index < -0.39 is 17.5 Å². The number of halogens is 1. The Labute approximate surface area is 111 Å². The van der Waals surface area contributed by atoms with E-state index in [1.54, 1.807) is 0 Å². The van der Waals surface area contributed by atoms with E-state index in [-0.39, 0.29) is 0 Å². The summed E-state index contributed by atoms with van der Waals surface area (Å²) in [5.74, 6) is -1.55. The van der Waals surface area contributed by atoms with Crippen LogP contribution in [0.3, 0.4) is 0 Å². The number of anilines is 1. The Morgan fingerprint density at radius 2 is 2.05 bits per heavy atom. The first-order chi connectivity index (χ1) is 9.00. The normalized spacial score (nSPS) is 14.4. The van der Waals surface area contributed by atoms with Gasteiger partial charge in [0.05, 0.1) is 11.3 Å². The van der Waals surface area contributed by atoms with Crippen molar-refractivity contribution in [2.75, 3.05) is 18.0 Å². The van der Waals surface area contributed by atoms with Gasteiger partial charge in [0.2, 0.25) is 0 Å². The highest BCUT2D eigenvalue weighted by Crippen LogP contribution is 2.29. The van der Waals surface area contributed by atoms with Crippen LogP contribution in [0, 0.1) is 5.82 Å². The van der Waals surface area contributed by atoms with Gasteiger partial charge in [-0.05, 0) is 31.2 Å². The molecule has 5 heteroatoms. The number of hydrogen-bond donors (Lipinski definition) is 1. The Morgan fingerprint density at radius 3 is 2.74 bits per heavy atom. The zero-order valence-electron chi connectivity index (χ0n) is 11.1. The lowest BCUT2D eigenvalue weighted by Crippen LogP contribution is -2.33. The zero-order chi connectivity index (χ0) is 14.0. The van der Waals surface area contributed by atoms with E-state index in [1.807, 2.05) is 13.8 Å². The van der Waals surface area contributed by atoms with Gasteiger partial charge in [0.15, 0.2) is 0 Å². The van der Waals surface area contributed by atoms with Gasteiger partial charge in [0.25, 0.3) is 11.7 Å². The van der Waals surface area contributed by atoms with Crippen LogP contribution in [-0.4, -0.2) is 30.8 Å². The van der Waals surface area contributed by atoms with Gasteiger partial charge in [-0.1, -0.05) is 13.8 Å². The molecule has 0 aromatic heterocycles. The van der Waals surface area contributed by atoms with Gasteiger partial charge in [-0.3, -0.25) is 9.59 Å². The highest BCUT2D eigenvalue weighted by Gasteiger charge is 2.35. The summed E-state index contributed by atoms with van der Waals surface area (Å²) in [6, 6.07) is 4.19. The van der Waals surface area contributed by atoms with Gasteiger partial charge < -0.3 is 10.2 Å². The second-order valence-electron chi connectivity index (χ2n) is 4.91. The maximum atomic E-state index is 13.2. The van der Waals surface area contributed by atoms with Crippen molar-refractivity contribution in [3.8, 4) is 0 Å². The van der Waals surface area contributed by atoms with Crippen molar-refractivity contribution in [3.05, 3.63) is 29.6 Å². The number of Topliss-reactive ketones (excluding diaryl/α,β-unsaturated/α-hetero) is 1. The van der Waals surface area contributed by atoms with Crippen LogP contribution in [0.5, 0.6) is 0 Å². The topological polar surface area (TPSA) is 49.4 Å². The number of rotatable bonds is 5. The van der Waals surface area contributed by atoms with E-state index in [9.17, 15) is 14.0 Å². The average Bonchev–Trinajstić information content (AvgIpc) is 2.58. The van der Waals surface area contributed by atoms with E-state index in [0.717, 1.165) is 6.54 Å². The molecular weight excluding hydrogens is 247 g/mol.